The van der Waals surface area contributed by atoms with Gasteiger partial charge in [0.15, 0.2) is 0 Å². The minimum absolute atomic E-state index is 0.0521. The van der Waals surface area contributed by atoms with E-state index in [0.29, 0.717) is 0 Å². The lowest BCUT2D eigenvalue weighted by Crippen LogP contribution is -2.12. The van der Waals surface area contributed by atoms with E-state index in [4.69, 9.17) is 16.2 Å². The molecule has 18 heavy (non-hydrogen) atoms. The topological polar surface area (TPSA) is 61.3 Å². The molecule has 1 aliphatic carbocycles. The molecule has 0 fully saturated rings. The fourth-order valence-corrected chi connectivity index (χ4v) is 1.34. The van der Waals surface area contributed by atoms with Gasteiger partial charge in [-0.15, -0.1) is 0 Å². The van der Waals surface area contributed by atoms with E-state index < -0.39 is 0 Å². The quantitative estimate of drug-likeness (QED) is 0.786. The van der Waals surface area contributed by atoms with Crippen LogP contribution in [0.3, 0.4) is 0 Å². The van der Waals surface area contributed by atoms with Crippen molar-refractivity contribution in [1.82, 2.24) is 0 Å². The second kappa shape index (κ2) is 7.35. The maximum absolute atomic E-state index is 5.73. The first-order chi connectivity index (χ1) is 8.74. The van der Waals surface area contributed by atoms with Gasteiger partial charge < -0.3 is 16.2 Å². The fourth-order valence-electron chi connectivity index (χ4n) is 1.34. The minimum Gasteiger partial charge on any atom is -0.457 e. The summed E-state index contributed by atoms with van der Waals surface area (Å²) < 4.78 is 5.65. The van der Waals surface area contributed by atoms with Gasteiger partial charge >= 0.3 is 0 Å². The number of anilines is 1. The Balaban J connectivity index is 0.000000771. The summed E-state index contributed by atoms with van der Waals surface area (Å²) in [6.45, 7) is 4.00. The van der Waals surface area contributed by atoms with Crippen LogP contribution in [0, 0.1) is 0 Å². The van der Waals surface area contributed by atoms with Gasteiger partial charge in [0, 0.05) is 11.7 Å². The molecule has 1 aliphatic rings. The third-order valence-corrected chi connectivity index (χ3v) is 2.19. The van der Waals surface area contributed by atoms with Crippen molar-refractivity contribution in [2.24, 2.45) is 5.73 Å². The summed E-state index contributed by atoms with van der Waals surface area (Å²) in [5.74, 6) is 1.52. The lowest BCUT2D eigenvalue weighted by Gasteiger charge is -2.05. The lowest BCUT2D eigenvalue weighted by atomic mass is 10.3. The second-order valence-electron chi connectivity index (χ2n) is 3.56. The monoisotopic (exact) mass is 244 g/mol. The van der Waals surface area contributed by atoms with E-state index >= 15 is 0 Å². The number of benzene rings is 1. The predicted molar refractivity (Wildman–Crippen MR) is 77.2 cm³/mol. The third kappa shape index (κ3) is 4.47. The van der Waals surface area contributed by atoms with Gasteiger partial charge in [-0.2, -0.15) is 0 Å². The summed E-state index contributed by atoms with van der Waals surface area (Å²) in [5, 5.41) is 0. The average molecular weight is 244 g/mol. The van der Waals surface area contributed by atoms with E-state index in [1.807, 2.05) is 56.4 Å². The van der Waals surface area contributed by atoms with Crippen molar-refractivity contribution in [3.63, 3.8) is 0 Å². The molecule has 0 spiro atoms. The predicted octanol–water partition coefficient (Wildman–Crippen LogP) is 3.01. The normalized spacial score (nSPS) is 17.3. The van der Waals surface area contributed by atoms with Gasteiger partial charge in [0.25, 0.3) is 0 Å². The van der Waals surface area contributed by atoms with Gasteiger partial charge in [0.2, 0.25) is 0 Å². The average Bonchev–Trinajstić information content (AvgIpc) is 2.60. The Morgan fingerprint density at radius 2 is 1.72 bits per heavy atom. The van der Waals surface area contributed by atoms with E-state index in [-0.39, 0.29) is 6.04 Å². The maximum atomic E-state index is 5.73. The van der Waals surface area contributed by atoms with Crippen molar-refractivity contribution >= 4 is 5.69 Å². The highest BCUT2D eigenvalue weighted by Crippen LogP contribution is 2.17. The molecule has 3 nitrogen and oxygen atoms in total. The van der Waals surface area contributed by atoms with E-state index in [2.05, 4.69) is 0 Å². The molecule has 0 amide bonds. The highest BCUT2D eigenvalue weighted by Gasteiger charge is 2.00. The molecule has 0 bridgehead atoms. The largest absolute Gasteiger partial charge is 0.457 e. The summed E-state index contributed by atoms with van der Waals surface area (Å²) >= 11 is 0. The molecule has 0 radical (unpaired) electrons. The van der Waals surface area contributed by atoms with Gasteiger partial charge in [-0.1, -0.05) is 32.1 Å². The molecule has 1 atom stereocenters. The molecule has 0 aromatic heterocycles. The number of ether oxygens (including phenoxy) is 1. The Labute approximate surface area is 108 Å². The number of hydrogen-bond donors (Lipinski definition) is 2. The van der Waals surface area contributed by atoms with E-state index in [9.17, 15) is 0 Å². The van der Waals surface area contributed by atoms with E-state index in [1.165, 1.54) is 0 Å². The lowest BCUT2D eigenvalue weighted by molar-refractivity contribution is 0.444. The number of hydrogen-bond acceptors (Lipinski definition) is 3. The van der Waals surface area contributed by atoms with E-state index in [0.717, 1.165) is 17.2 Å². The molecule has 1 aromatic rings. The molecule has 1 unspecified atom stereocenters. The van der Waals surface area contributed by atoms with Gasteiger partial charge in [-0.05, 0) is 36.4 Å². The number of nitrogen functional groups attached to an aromatic ring is 1. The molecule has 4 N–H and O–H groups in total. The molecular weight excluding hydrogens is 224 g/mol. The Kier molecular flexibility index (Phi) is 5.74. The van der Waals surface area contributed by atoms with E-state index in [1.54, 1.807) is 12.1 Å². The molecule has 2 rings (SSSR count). The first kappa shape index (κ1) is 14.1. The summed E-state index contributed by atoms with van der Waals surface area (Å²) in [4.78, 5) is 0. The van der Waals surface area contributed by atoms with Crippen LogP contribution in [0.1, 0.15) is 13.8 Å². The van der Waals surface area contributed by atoms with Crippen LogP contribution in [0.25, 0.3) is 0 Å². The Morgan fingerprint density at radius 1 is 1.06 bits per heavy atom. The van der Waals surface area contributed by atoms with Gasteiger partial charge in [0.05, 0.1) is 0 Å². The van der Waals surface area contributed by atoms with Gasteiger partial charge in [-0.25, -0.2) is 0 Å². The second-order valence-corrected chi connectivity index (χ2v) is 3.56. The van der Waals surface area contributed by atoms with Crippen LogP contribution in [0.4, 0.5) is 5.69 Å². The summed E-state index contributed by atoms with van der Waals surface area (Å²) in [6, 6.07) is 7.22. The highest BCUT2D eigenvalue weighted by atomic mass is 16.5. The molecule has 0 saturated carbocycles. The van der Waals surface area contributed by atoms with Crippen molar-refractivity contribution in [3.05, 3.63) is 60.4 Å². The summed E-state index contributed by atoms with van der Waals surface area (Å²) in [5.41, 5.74) is 12.0. The standard InChI is InChI=1S/C13H14N2O.C2H6/c14-10-2-1-3-12(7-4-10)16-13-8-5-11(15)6-9-13;1-2/h1-10H,14-15H2;1-2H3. The number of rotatable bonds is 2. The van der Waals surface area contributed by atoms with Crippen LogP contribution in [0.2, 0.25) is 0 Å². The molecule has 96 valence electrons. The summed E-state index contributed by atoms with van der Waals surface area (Å²) in [7, 11) is 0. The van der Waals surface area contributed by atoms with Crippen molar-refractivity contribution < 1.29 is 4.74 Å². The SMILES string of the molecule is CC.Nc1ccc(OC2=CC=CC(N)C=C2)cc1. The number of allylic oxidation sites excluding steroid dienone is 3. The number of nitrogens with two attached hydrogens (primary N) is 2. The van der Waals surface area contributed by atoms with Crippen LogP contribution >= 0.6 is 0 Å². The smallest absolute Gasteiger partial charge is 0.127 e. The first-order valence-electron chi connectivity index (χ1n) is 6.10. The Morgan fingerprint density at radius 3 is 2.39 bits per heavy atom. The fraction of sp³-hybridized carbons (Fsp3) is 0.200. The summed E-state index contributed by atoms with van der Waals surface area (Å²) in [6.07, 6.45) is 9.40. The van der Waals surface area contributed by atoms with Crippen LogP contribution < -0.4 is 16.2 Å². The van der Waals surface area contributed by atoms with Crippen molar-refractivity contribution in [2.75, 3.05) is 5.73 Å². The van der Waals surface area contributed by atoms with Gasteiger partial charge in [0.1, 0.15) is 11.5 Å². The first-order valence-corrected chi connectivity index (χ1v) is 6.10. The van der Waals surface area contributed by atoms with Crippen LogP contribution in [-0.4, -0.2) is 6.04 Å². The van der Waals surface area contributed by atoms with Crippen molar-refractivity contribution in [2.45, 2.75) is 19.9 Å². The van der Waals surface area contributed by atoms with Crippen LogP contribution in [0.5, 0.6) is 5.75 Å². The van der Waals surface area contributed by atoms with Crippen molar-refractivity contribution in [3.8, 4) is 5.75 Å². The molecule has 0 heterocycles. The maximum Gasteiger partial charge on any atom is 0.127 e. The highest BCUT2D eigenvalue weighted by molar-refractivity contribution is 5.42. The molecule has 0 aliphatic heterocycles. The zero-order valence-corrected chi connectivity index (χ0v) is 10.8. The Bertz CT molecular complexity index is 444. The molecule has 1 aromatic carbocycles. The van der Waals surface area contributed by atoms with Crippen molar-refractivity contribution in [1.29, 1.82) is 0 Å². The molecule has 3 heteroatoms. The zero-order valence-electron chi connectivity index (χ0n) is 10.8. The van der Waals surface area contributed by atoms with Gasteiger partial charge in [-0.3, -0.25) is 0 Å². The minimum atomic E-state index is -0.0521. The van der Waals surface area contributed by atoms with Crippen LogP contribution in [-0.2, 0) is 0 Å². The molecule has 0 saturated heterocycles. The van der Waals surface area contributed by atoms with Crippen LogP contribution in [0.15, 0.2) is 60.4 Å². The third-order valence-electron chi connectivity index (χ3n) is 2.19. The zero-order chi connectivity index (χ0) is 13.4. The Hall–Kier alpha value is -2.00. The molecular formula is C15H20N2O.